The molecule has 0 aromatic heterocycles. The third-order valence-electron chi connectivity index (χ3n) is 3.06. The third kappa shape index (κ3) is 2.56. The van der Waals surface area contributed by atoms with Gasteiger partial charge in [0.15, 0.2) is 0 Å². The van der Waals surface area contributed by atoms with Crippen molar-refractivity contribution in [3.05, 3.63) is 29.3 Å². The van der Waals surface area contributed by atoms with Crippen molar-refractivity contribution in [3.63, 3.8) is 0 Å². The van der Waals surface area contributed by atoms with Crippen molar-refractivity contribution in [2.24, 2.45) is 0 Å². The van der Waals surface area contributed by atoms with Gasteiger partial charge in [0.25, 0.3) is 0 Å². The Kier molecular flexibility index (Phi) is 3.91. The molecule has 1 saturated heterocycles. The van der Waals surface area contributed by atoms with Gasteiger partial charge in [-0.2, -0.15) is 0 Å². The van der Waals surface area contributed by atoms with Crippen molar-refractivity contribution in [2.75, 3.05) is 13.1 Å². The van der Waals surface area contributed by atoms with Crippen LogP contribution in [0.2, 0.25) is 0 Å². The number of rotatable bonds is 3. The molecule has 0 amide bonds. The first-order valence-electron chi connectivity index (χ1n) is 5.58. The van der Waals surface area contributed by atoms with E-state index in [1.54, 1.807) is 16.4 Å². The van der Waals surface area contributed by atoms with Gasteiger partial charge in [-0.15, -0.1) is 0 Å². The van der Waals surface area contributed by atoms with Crippen molar-refractivity contribution in [2.45, 2.75) is 24.7 Å². The molecule has 1 heterocycles. The van der Waals surface area contributed by atoms with Crippen LogP contribution in [0.5, 0.6) is 0 Å². The molecule has 3 nitrogen and oxygen atoms in total. The average molecular weight is 338 g/mol. The average Bonchev–Trinajstić information content (AvgIpc) is 2.83. The van der Waals surface area contributed by atoms with Crippen LogP contribution in [-0.2, 0) is 27.9 Å². The number of aryl methyl sites for hydroxylation is 1. The van der Waals surface area contributed by atoms with E-state index in [4.69, 9.17) is 0 Å². The van der Waals surface area contributed by atoms with Crippen LogP contribution in [0.3, 0.4) is 0 Å². The van der Waals surface area contributed by atoms with Gasteiger partial charge < -0.3 is 0 Å². The molecule has 0 N–H and O–H groups in total. The predicted molar refractivity (Wildman–Crippen MR) is 64.3 cm³/mol. The second-order valence-electron chi connectivity index (χ2n) is 4.23. The number of hydrogen-bond donors (Lipinski definition) is 0. The minimum atomic E-state index is -3.28. The van der Waals surface area contributed by atoms with Crippen LogP contribution in [0.1, 0.15) is 24.0 Å². The molecular weight excluding hydrogens is 323 g/mol. The number of benzene rings is 1. The van der Waals surface area contributed by atoms with Gasteiger partial charge in [-0.05, 0) is 0 Å². The Hall–Kier alpha value is -0.377. The Labute approximate surface area is 112 Å². The van der Waals surface area contributed by atoms with Crippen molar-refractivity contribution in [3.8, 4) is 0 Å². The second-order valence-corrected chi connectivity index (χ2v) is 6.67. The Morgan fingerprint density at radius 3 is 2.53 bits per heavy atom. The molecule has 1 aliphatic heterocycles. The summed E-state index contributed by atoms with van der Waals surface area (Å²) in [4.78, 5) is 0.404. The molecule has 0 saturated carbocycles. The molecule has 93 valence electrons. The normalized spacial score (nSPS) is 17.2. The molecule has 0 spiro atoms. The van der Waals surface area contributed by atoms with Crippen molar-refractivity contribution >= 4 is 14.6 Å². The molecule has 5 heteroatoms. The van der Waals surface area contributed by atoms with Crippen LogP contribution >= 0.6 is 0 Å². The summed E-state index contributed by atoms with van der Waals surface area (Å²) in [7, 11) is -3.28. The fraction of sp³-hybridized carbons (Fsp3) is 0.417. The molecule has 0 aliphatic carbocycles. The quantitative estimate of drug-likeness (QED) is 0.783. The summed E-state index contributed by atoms with van der Waals surface area (Å²) >= 11 is 2.42. The van der Waals surface area contributed by atoms with Gasteiger partial charge in [-0.1, -0.05) is 0 Å². The molecule has 0 radical (unpaired) electrons. The van der Waals surface area contributed by atoms with E-state index in [2.05, 4.69) is 17.9 Å². The molecule has 1 fully saturated rings. The summed E-state index contributed by atoms with van der Waals surface area (Å²) in [5, 5.41) is 0. The van der Waals surface area contributed by atoms with Gasteiger partial charge >= 0.3 is 112 Å². The fourth-order valence-corrected chi connectivity index (χ4v) is 4.06. The predicted octanol–water partition coefficient (Wildman–Crippen LogP) is 1.48. The zero-order chi connectivity index (χ0) is 12.5. The Balaban J connectivity index is 2.42. The van der Waals surface area contributed by atoms with E-state index < -0.39 is 10.0 Å². The maximum atomic E-state index is 12.3. The number of sulfonamides is 1. The van der Waals surface area contributed by atoms with Crippen molar-refractivity contribution < 1.29 is 26.3 Å². The number of nitrogens with zero attached hydrogens (tertiary/aromatic N) is 1. The minimum absolute atomic E-state index is 0.404. The van der Waals surface area contributed by atoms with Gasteiger partial charge in [0.1, 0.15) is 0 Å². The van der Waals surface area contributed by atoms with E-state index in [-0.39, 0.29) is 0 Å². The van der Waals surface area contributed by atoms with Crippen LogP contribution in [0.25, 0.3) is 0 Å². The molecule has 2 rings (SSSR count). The van der Waals surface area contributed by atoms with Gasteiger partial charge in [0.05, 0.1) is 0 Å². The SMILES string of the molecule is Cc1ccc(S(=O)(=O)N2CCCC2)cc1[CH]=[Ru+]. The molecule has 1 aromatic rings. The van der Waals surface area contributed by atoms with Gasteiger partial charge in [-0.3, -0.25) is 0 Å². The van der Waals surface area contributed by atoms with Gasteiger partial charge in [0.2, 0.25) is 0 Å². The Morgan fingerprint density at radius 1 is 1.29 bits per heavy atom. The van der Waals surface area contributed by atoms with E-state index in [1.807, 2.05) is 17.6 Å². The van der Waals surface area contributed by atoms with Crippen molar-refractivity contribution in [1.82, 2.24) is 4.31 Å². The fourth-order valence-electron chi connectivity index (χ4n) is 1.97. The Morgan fingerprint density at radius 2 is 1.94 bits per heavy atom. The summed E-state index contributed by atoms with van der Waals surface area (Å²) in [5.41, 5.74) is 2.05. The zero-order valence-electron chi connectivity index (χ0n) is 9.66. The van der Waals surface area contributed by atoms with Crippen LogP contribution < -0.4 is 0 Å². The molecule has 17 heavy (non-hydrogen) atoms. The summed E-state index contributed by atoms with van der Waals surface area (Å²) in [6, 6.07) is 5.31. The summed E-state index contributed by atoms with van der Waals surface area (Å²) < 4.78 is 28.1. The molecule has 0 bridgehead atoms. The first-order valence-corrected chi connectivity index (χ1v) is 8.03. The standard InChI is InChI=1S/C12H15NO2S.Ru/c1-10-5-6-12(9-11(10)2)16(14,15)13-7-3-4-8-13;/h2,5-6,9H,3-4,7-8H2,1H3;/q;+1. The summed E-state index contributed by atoms with van der Waals surface area (Å²) in [6.45, 7) is 3.28. The van der Waals surface area contributed by atoms with Crippen LogP contribution in [0, 0.1) is 6.92 Å². The van der Waals surface area contributed by atoms with Gasteiger partial charge in [0, 0.05) is 0 Å². The number of hydrogen-bond acceptors (Lipinski definition) is 2. The second kappa shape index (κ2) is 5.09. The molecular formula is C12H15NO2RuS+. The molecule has 0 atom stereocenters. The summed E-state index contributed by atoms with van der Waals surface area (Å²) in [6.07, 6.45) is 1.93. The Bertz CT molecular complexity index is 533. The van der Waals surface area contributed by atoms with Crippen LogP contribution in [0.4, 0.5) is 0 Å². The van der Waals surface area contributed by atoms with Crippen molar-refractivity contribution in [1.29, 1.82) is 0 Å². The van der Waals surface area contributed by atoms with E-state index in [1.165, 1.54) is 0 Å². The van der Waals surface area contributed by atoms with E-state index in [9.17, 15) is 8.42 Å². The first kappa shape index (κ1) is 13.1. The van der Waals surface area contributed by atoms with E-state index in [0.29, 0.717) is 18.0 Å². The van der Waals surface area contributed by atoms with E-state index in [0.717, 1.165) is 24.0 Å². The molecule has 1 aliphatic rings. The monoisotopic (exact) mass is 339 g/mol. The zero-order valence-corrected chi connectivity index (χ0v) is 12.2. The van der Waals surface area contributed by atoms with E-state index >= 15 is 0 Å². The first-order chi connectivity index (χ1) is 8.05. The molecule has 0 unspecified atom stereocenters. The van der Waals surface area contributed by atoms with Gasteiger partial charge in [-0.25, -0.2) is 0 Å². The van der Waals surface area contributed by atoms with Crippen LogP contribution in [0.15, 0.2) is 23.1 Å². The topological polar surface area (TPSA) is 37.4 Å². The molecule has 1 aromatic carbocycles. The third-order valence-corrected chi connectivity index (χ3v) is 5.50. The van der Waals surface area contributed by atoms with Crippen LogP contribution in [-0.4, -0.2) is 30.4 Å². The maximum absolute atomic E-state index is 12.3. The summed E-state index contributed by atoms with van der Waals surface area (Å²) in [5.74, 6) is 0.